The van der Waals surface area contributed by atoms with Crippen LogP contribution in [0.25, 0.3) is 11.4 Å². The van der Waals surface area contributed by atoms with Gasteiger partial charge in [0.2, 0.25) is 0 Å². The van der Waals surface area contributed by atoms with Gasteiger partial charge >= 0.3 is 0 Å². The first-order valence-electron chi connectivity index (χ1n) is 6.11. The van der Waals surface area contributed by atoms with Crippen molar-refractivity contribution in [2.75, 3.05) is 6.61 Å². The normalized spacial score (nSPS) is 14.2. The standard InChI is InChI=1S/C14H13BrN2O2/c1-8-2-3-9(6-11(8)15)13-16-12-4-5-19-7-10(12)14(18)17-13/h2-3,6H,4-5,7H2,1H3,(H,16,17,18). The second-order valence-corrected chi connectivity index (χ2v) is 5.46. The molecule has 2 aromatic rings. The van der Waals surface area contributed by atoms with Crippen molar-refractivity contribution in [1.29, 1.82) is 0 Å². The van der Waals surface area contributed by atoms with Crippen LogP contribution in [0.5, 0.6) is 0 Å². The molecule has 5 heteroatoms. The Hall–Kier alpha value is -1.46. The molecule has 0 saturated heterocycles. The van der Waals surface area contributed by atoms with E-state index in [0.717, 1.165) is 21.3 Å². The molecule has 0 radical (unpaired) electrons. The van der Waals surface area contributed by atoms with E-state index in [1.54, 1.807) is 0 Å². The van der Waals surface area contributed by atoms with Gasteiger partial charge in [-0.2, -0.15) is 0 Å². The summed E-state index contributed by atoms with van der Waals surface area (Å²) in [5, 5.41) is 0. The molecule has 0 fully saturated rings. The highest BCUT2D eigenvalue weighted by Crippen LogP contribution is 2.23. The lowest BCUT2D eigenvalue weighted by Gasteiger charge is -2.15. The predicted molar refractivity (Wildman–Crippen MR) is 76.1 cm³/mol. The molecule has 0 amide bonds. The summed E-state index contributed by atoms with van der Waals surface area (Å²) in [6, 6.07) is 5.94. The Balaban J connectivity index is 2.12. The van der Waals surface area contributed by atoms with Crippen molar-refractivity contribution in [2.45, 2.75) is 20.0 Å². The molecule has 19 heavy (non-hydrogen) atoms. The number of aryl methyl sites for hydroxylation is 1. The summed E-state index contributed by atoms with van der Waals surface area (Å²) in [4.78, 5) is 19.4. The third-order valence-corrected chi connectivity index (χ3v) is 4.13. The van der Waals surface area contributed by atoms with E-state index in [9.17, 15) is 4.79 Å². The zero-order valence-corrected chi connectivity index (χ0v) is 12.1. The van der Waals surface area contributed by atoms with Crippen LogP contribution >= 0.6 is 15.9 Å². The first-order valence-corrected chi connectivity index (χ1v) is 6.91. The summed E-state index contributed by atoms with van der Waals surface area (Å²) in [6.07, 6.45) is 0.694. The quantitative estimate of drug-likeness (QED) is 0.878. The molecule has 0 saturated carbocycles. The fourth-order valence-electron chi connectivity index (χ4n) is 2.12. The summed E-state index contributed by atoms with van der Waals surface area (Å²) in [5.41, 5.74) is 3.46. The Labute approximate surface area is 119 Å². The number of hydrogen-bond acceptors (Lipinski definition) is 3. The van der Waals surface area contributed by atoms with Crippen molar-refractivity contribution in [1.82, 2.24) is 9.97 Å². The number of nitrogens with one attached hydrogen (secondary N) is 1. The molecule has 0 spiro atoms. The molecular weight excluding hydrogens is 308 g/mol. The van der Waals surface area contributed by atoms with Gasteiger partial charge in [-0.05, 0) is 18.6 Å². The molecule has 3 rings (SSSR count). The van der Waals surface area contributed by atoms with Crippen LogP contribution in [0.2, 0.25) is 0 Å². The van der Waals surface area contributed by atoms with E-state index in [2.05, 4.69) is 25.9 Å². The van der Waals surface area contributed by atoms with E-state index in [1.807, 2.05) is 25.1 Å². The van der Waals surface area contributed by atoms with E-state index in [-0.39, 0.29) is 5.56 Å². The topological polar surface area (TPSA) is 55.0 Å². The van der Waals surface area contributed by atoms with Crippen molar-refractivity contribution >= 4 is 15.9 Å². The lowest BCUT2D eigenvalue weighted by molar-refractivity contribution is 0.108. The number of rotatable bonds is 1. The summed E-state index contributed by atoms with van der Waals surface area (Å²) in [5.74, 6) is 0.617. The summed E-state index contributed by atoms with van der Waals surface area (Å²) < 4.78 is 6.30. The molecule has 0 unspecified atom stereocenters. The molecule has 0 atom stereocenters. The second kappa shape index (κ2) is 4.90. The molecular formula is C14H13BrN2O2. The van der Waals surface area contributed by atoms with Gasteiger partial charge in [0, 0.05) is 16.5 Å². The monoisotopic (exact) mass is 320 g/mol. The second-order valence-electron chi connectivity index (χ2n) is 4.61. The van der Waals surface area contributed by atoms with Gasteiger partial charge in [-0.3, -0.25) is 4.79 Å². The van der Waals surface area contributed by atoms with Gasteiger partial charge < -0.3 is 9.72 Å². The van der Waals surface area contributed by atoms with Gasteiger partial charge in [-0.1, -0.05) is 28.1 Å². The van der Waals surface area contributed by atoms with Gasteiger partial charge in [0.1, 0.15) is 5.82 Å². The summed E-state index contributed by atoms with van der Waals surface area (Å²) in [6.45, 7) is 3.00. The first-order chi connectivity index (χ1) is 9.15. The van der Waals surface area contributed by atoms with E-state index in [1.165, 1.54) is 0 Å². The Bertz CT molecular complexity index is 694. The number of hydrogen-bond donors (Lipinski definition) is 1. The number of ether oxygens (including phenoxy) is 1. The zero-order valence-electron chi connectivity index (χ0n) is 10.5. The van der Waals surface area contributed by atoms with Crippen LogP contribution in [-0.2, 0) is 17.8 Å². The molecule has 0 aliphatic carbocycles. The predicted octanol–water partition coefficient (Wildman–Crippen LogP) is 2.58. The number of benzene rings is 1. The highest BCUT2D eigenvalue weighted by molar-refractivity contribution is 9.10. The summed E-state index contributed by atoms with van der Waals surface area (Å²) in [7, 11) is 0. The maximum atomic E-state index is 12.0. The minimum atomic E-state index is -0.101. The highest BCUT2D eigenvalue weighted by Gasteiger charge is 2.16. The fraction of sp³-hybridized carbons (Fsp3) is 0.286. The van der Waals surface area contributed by atoms with Crippen LogP contribution in [0.1, 0.15) is 16.8 Å². The number of H-pyrrole nitrogens is 1. The molecule has 0 bridgehead atoms. The third kappa shape index (κ3) is 2.35. The van der Waals surface area contributed by atoms with Crippen molar-refractivity contribution in [3.63, 3.8) is 0 Å². The van der Waals surface area contributed by atoms with Gasteiger partial charge in [0.25, 0.3) is 5.56 Å². The van der Waals surface area contributed by atoms with Crippen LogP contribution in [0.3, 0.4) is 0 Å². The van der Waals surface area contributed by atoms with Crippen LogP contribution in [-0.4, -0.2) is 16.6 Å². The molecule has 1 N–H and O–H groups in total. The first kappa shape index (κ1) is 12.6. The van der Waals surface area contributed by atoms with Crippen LogP contribution < -0.4 is 5.56 Å². The zero-order chi connectivity index (χ0) is 13.4. The van der Waals surface area contributed by atoms with Crippen molar-refractivity contribution < 1.29 is 4.74 Å². The van der Waals surface area contributed by atoms with Gasteiger partial charge in [0.15, 0.2) is 0 Å². The van der Waals surface area contributed by atoms with Crippen molar-refractivity contribution in [3.8, 4) is 11.4 Å². The molecule has 4 nitrogen and oxygen atoms in total. The number of nitrogens with zero attached hydrogens (tertiary/aromatic N) is 1. The lowest BCUT2D eigenvalue weighted by Crippen LogP contribution is -2.24. The molecule has 98 valence electrons. The Morgan fingerprint density at radius 1 is 1.42 bits per heavy atom. The van der Waals surface area contributed by atoms with Crippen molar-refractivity contribution in [2.24, 2.45) is 0 Å². The van der Waals surface area contributed by atoms with Crippen LogP contribution in [0.4, 0.5) is 0 Å². The number of aromatic nitrogens is 2. The van der Waals surface area contributed by atoms with E-state index >= 15 is 0 Å². The number of aromatic amines is 1. The fourth-order valence-corrected chi connectivity index (χ4v) is 2.50. The largest absolute Gasteiger partial charge is 0.376 e. The van der Waals surface area contributed by atoms with Crippen molar-refractivity contribution in [3.05, 3.63) is 49.8 Å². The molecule has 1 aromatic heterocycles. The van der Waals surface area contributed by atoms with Gasteiger partial charge in [-0.15, -0.1) is 0 Å². The molecule has 2 heterocycles. The highest BCUT2D eigenvalue weighted by atomic mass is 79.9. The smallest absolute Gasteiger partial charge is 0.256 e. The van der Waals surface area contributed by atoms with E-state index < -0.39 is 0 Å². The maximum absolute atomic E-state index is 12.0. The molecule has 1 aromatic carbocycles. The Kier molecular flexibility index (Phi) is 3.24. The maximum Gasteiger partial charge on any atom is 0.256 e. The number of halogens is 1. The molecule has 1 aliphatic rings. The minimum Gasteiger partial charge on any atom is -0.376 e. The lowest BCUT2D eigenvalue weighted by atomic mass is 10.1. The Morgan fingerprint density at radius 2 is 2.26 bits per heavy atom. The van der Waals surface area contributed by atoms with Crippen LogP contribution in [0.15, 0.2) is 27.5 Å². The average Bonchev–Trinajstić information content (AvgIpc) is 2.42. The van der Waals surface area contributed by atoms with E-state index in [4.69, 9.17) is 4.74 Å². The number of fused-ring (bicyclic) bond motifs is 1. The van der Waals surface area contributed by atoms with Crippen LogP contribution in [0, 0.1) is 6.92 Å². The molecule has 1 aliphatic heterocycles. The Morgan fingerprint density at radius 3 is 3.05 bits per heavy atom. The summed E-state index contributed by atoms with van der Waals surface area (Å²) >= 11 is 3.50. The SMILES string of the molecule is Cc1ccc(-c2nc3c(c(=O)[nH]2)COCC3)cc1Br. The average molecular weight is 321 g/mol. The van der Waals surface area contributed by atoms with E-state index in [0.29, 0.717) is 31.0 Å². The third-order valence-electron chi connectivity index (χ3n) is 3.28. The van der Waals surface area contributed by atoms with Gasteiger partial charge in [-0.25, -0.2) is 4.98 Å². The minimum absolute atomic E-state index is 0.101. The van der Waals surface area contributed by atoms with Gasteiger partial charge in [0.05, 0.1) is 24.5 Å².